The Morgan fingerprint density at radius 3 is 2.51 bits per heavy atom. The van der Waals surface area contributed by atoms with Crippen molar-refractivity contribution in [2.45, 2.75) is 19.4 Å². The molecule has 6 heterocycles. The lowest BCUT2D eigenvalue weighted by Crippen LogP contribution is -2.53. The molecule has 1 unspecified atom stereocenters. The summed E-state index contributed by atoms with van der Waals surface area (Å²) in [6.07, 6.45) is 10.5. The van der Waals surface area contributed by atoms with Crippen LogP contribution in [-0.2, 0) is 7.05 Å². The van der Waals surface area contributed by atoms with E-state index in [-0.39, 0.29) is 5.82 Å². The topological polar surface area (TPSA) is 120 Å². The Balaban J connectivity index is 1.30. The summed E-state index contributed by atoms with van der Waals surface area (Å²) in [4.78, 5) is 16.3. The average molecular weight is 548 g/mol. The van der Waals surface area contributed by atoms with Crippen LogP contribution in [0, 0.1) is 11.3 Å². The molecule has 0 radical (unpaired) electrons. The molecule has 11 heteroatoms. The van der Waals surface area contributed by atoms with Crippen molar-refractivity contribution in [3.8, 4) is 28.3 Å². The number of nitrogen functional groups attached to an aromatic ring is 1. The Labute approximate surface area is 239 Å². The molecule has 0 spiro atoms. The van der Waals surface area contributed by atoms with Gasteiger partial charge in [-0.05, 0) is 36.8 Å². The number of hydrogen-bond acceptors (Lipinski definition) is 9. The highest BCUT2D eigenvalue weighted by atomic mass is 15.3. The number of pyridine rings is 3. The van der Waals surface area contributed by atoms with E-state index in [0.717, 1.165) is 65.6 Å². The SMILES string of the molecule is CCC1CN(c2ccc(N(C)C)nc2)CCN1c1ccc(-c2cc(-c3cnn(C)c3)cn3nc(N)c(C#N)c23)cn1. The predicted molar refractivity (Wildman–Crippen MR) is 162 cm³/mol. The molecule has 41 heavy (non-hydrogen) atoms. The number of anilines is 4. The van der Waals surface area contributed by atoms with Gasteiger partial charge in [-0.25, -0.2) is 14.5 Å². The quantitative estimate of drug-likeness (QED) is 0.338. The molecule has 0 amide bonds. The fourth-order valence-corrected chi connectivity index (χ4v) is 5.54. The van der Waals surface area contributed by atoms with Crippen LogP contribution < -0.4 is 20.4 Å². The minimum atomic E-state index is 0.205. The second-order valence-corrected chi connectivity index (χ2v) is 10.6. The minimum Gasteiger partial charge on any atom is -0.381 e. The number of fused-ring (bicyclic) bond motifs is 1. The number of nitrogens with zero attached hydrogens (tertiary/aromatic N) is 10. The first-order chi connectivity index (χ1) is 19.9. The van der Waals surface area contributed by atoms with Gasteiger partial charge in [0.15, 0.2) is 5.82 Å². The maximum atomic E-state index is 9.85. The fraction of sp³-hybridized carbons (Fsp3) is 0.300. The van der Waals surface area contributed by atoms with Crippen molar-refractivity contribution in [1.82, 2.24) is 29.4 Å². The normalized spacial score (nSPS) is 15.3. The number of nitriles is 1. The molecule has 1 aliphatic heterocycles. The standard InChI is InChI=1S/C30H33N11/c1-5-23-19-39(24-7-9-27(34-16-24)37(2)3)10-11-40(23)28-8-6-20(14-33-28)25-12-21(22-15-35-38(4)17-22)18-41-29(25)26(13-31)30(32)36-41/h6-9,12,14-18,23H,5,10-11,19H2,1-4H3,(H2,32,36). The molecule has 0 aliphatic carbocycles. The zero-order chi connectivity index (χ0) is 28.7. The largest absolute Gasteiger partial charge is 0.381 e. The van der Waals surface area contributed by atoms with Gasteiger partial charge in [0, 0.05) is 87.7 Å². The summed E-state index contributed by atoms with van der Waals surface area (Å²) in [5, 5.41) is 18.6. The van der Waals surface area contributed by atoms with Crippen molar-refractivity contribution in [1.29, 1.82) is 5.26 Å². The summed E-state index contributed by atoms with van der Waals surface area (Å²) in [5.41, 5.74) is 11.9. The Morgan fingerprint density at radius 2 is 1.88 bits per heavy atom. The maximum Gasteiger partial charge on any atom is 0.164 e. The van der Waals surface area contributed by atoms with Gasteiger partial charge in [0.05, 0.1) is 23.6 Å². The lowest BCUT2D eigenvalue weighted by molar-refractivity contribution is 0.505. The second kappa shape index (κ2) is 10.5. The van der Waals surface area contributed by atoms with E-state index in [9.17, 15) is 5.26 Å². The Morgan fingerprint density at radius 1 is 1.02 bits per heavy atom. The highest BCUT2D eigenvalue weighted by molar-refractivity contribution is 5.90. The van der Waals surface area contributed by atoms with E-state index in [2.05, 4.69) is 62.2 Å². The van der Waals surface area contributed by atoms with Crippen LogP contribution in [0.5, 0.6) is 0 Å². The Hall–Kier alpha value is -5.11. The first-order valence-electron chi connectivity index (χ1n) is 13.7. The van der Waals surface area contributed by atoms with Gasteiger partial charge >= 0.3 is 0 Å². The van der Waals surface area contributed by atoms with Crippen molar-refractivity contribution in [3.05, 3.63) is 66.9 Å². The first-order valence-corrected chi connectivity index (χ1v) is 13.7. The van der Waals surface area contributed by atoms with Crippen LogP contribution in [0.2, 0.25) is 0 Å². The third-order valence-corrected chi connectivity index (χ3v) is 7.77. The van der Waals surface area contributed by atoms with Crippen LogP contribution in [0.3, 0.4) is 0 Å². The van der Waals surface area contributed by atoms with Gasteiger partial charge in [-0.2, -0.15) is 10.4 Å². The van der Waals surface area contributed by atoms with Crippen molar-refractivity contribution in [2.24, 2.45) is 7.05 Å². The molecule has 5 aromatic rings. The summed E-state index contributed by atoms with van der Waals surface area (Å²) in [6, 6.07) is 12.9. The fourth-order valence-electron chi connectivity index (χ4n) is 5.54. The zero-order valence-corrected chi connectivity index (χ0v) is 23.7. The van der Waals surface area contributed by atoms with Crippen LogP contribution in [0.4, 0.5) is 23.1 Å². The Bertz CT molecular complexity index is 1730. The van der Waals surface area contributed by atoms with E-state index in [1.807, 2.05) is 63.1 Å². The molecule has 1 fully saturated rings. The number of hydrogen-bond donors (Lipinski definition) is 1. The van der Waals surface area contributed by atoms with E-state index in [4.69, 9.17) is 10.7 Å². The highest BCUT2D eigenvalue weighted by Crippen LogP contribution is 2.34. The third-order valence-electron chi connectivity index (χ3n) is 7.77. The molecule has 0 saturated carbocycles. The maximum absolute atomic E-state index is 9.85. The summed E-state index contributed by atoms with van der Waals surface area (Å²) in [6.45, 7) is 4.87. The molecular formula is C30H33N11. The lowest BCUT2D eigenvalue weighted by atomic mass is 10.0. The smallest absolute Gasteiger partial charge is 0.164 e. The summed E-state index contributed by atoms with van der Waals surface area (Å²) < 4.78 is 3.44. The number of piperazine rings is 1. The Kier molecular flexibility index (Phi) is 6.67. The average Bonchev–Trinajstić information content (AvgIpc) is 3.58. The molecular weight excluding hydrogens is 514 g/mol. The van der Waals surface area contributed by atoms with Crippen LogP contribution in [0.1, 0.15) is 18.9 Å². The van der Waals surface area contributed by atoms with Crippen molar-refractivity contribution in [2.75, 3.05) is 54.2 Å². The van der Waals surface area contributed by atoms with Gasteiger partial charge < -0.3 is 20.4 Å². The zero-order valence-electron chi connectivity index (χ0n) is 23.7. The lowest BCUT2D eigenvalue weighted by Gasteiger charge is -2.42. The van der Waals surface area contributed by atoms with Crippen LogP contribution in [-0.4, -0.2) is 69.1 Å². The molecule has 2 N–H and O–H groups in total. The monoisotopic (exact) mass is 547 g/mol. The summed E-state index contributed by atoms with van der Waals surface area (Å²) in [5.74, 6) is 2.10. The number of aryl methyl sites for hydroxylation is 1. The predicted octanol–water partition coefficient (Wildman–Crippen LogP) is 3.82. The molecule has 11 nitrogen and oxygen atoms in total. The molecule has 0 bridgehead atoms. The number of rotatable bonds is 6. The van der Waals surface area contributed by atoms with Crippen molar-refractivity contribution < 1.29 is 0 Å². The van der Waals surface area contributed by atoms with Gasteiger partial charge in [0.25, 0.3) is 0 Å². The van der Waals surface area contributed by atoms with E-state index < -0.39 is 0 Å². The summed E-state index contributed by atoms with van der Waals surface area (Å²) in [7, 11) is 5.88. The van der Waals surface area contributed by atoms with E-state index in [1.165, 1.54) is 0 Å². The van der Waals surface area contributed by atoms with Crippen LogP contribution in [0.25, 0.3) is 27.8 Å². The van der Waals surface area contributed by atoms with Gasteiger partial charge in [-0.3, -0.25) is 4.68 Å². The van der Waals surface area contributed by atoms with Crippen molar-refractivity contribution in [3.63, 3.8) is 0 Å². The third kappa shape index (κ3) is 4.78. The summed E-state index contributed by atoms with van der Waals surface area (Å²) >= 11 is 0. The minimum absolute atomic E-state index is 0.205. The molecule has 1 saturated heterocycles. The van der Waals surface area contributed by atoms with Gasteiger partial charge in [0.1, 0.15) is 23.3 Å². The first kappa shape index (κ1) is 26.1. The van der Waals surface area contributed by atoms with Crippen LogP contribution in [0.15, 0.2) is 61.3 Å². The number of aromatic nitrogens is 6. The van der Waals surface area contributed by atoms with Crippen LogP contribution >= 0.6 is 0 Å². The van der Waals surface area contributed by atoms with E-state index >= 15 is 0 Å². The van der Waals surface area contributed by atoms with Gasteiger partial charge in [-0.1, -0.05) is 6.92 Å². The van der Waals surface area contributed by atoms with Crippen molar-refractivity contribution >= 4 is 28.7 Å². The molecule has 0 aromatic carbocycles. The molecule has 1 aliphatic rings. The molecule has 208 valence electrons. The molecule has 1 atom stereocenters. The van der Waals surface area contributed by atoms with Gasteiger partial charge in [-0.15, -0.1) is 5.10 Å². The van der Waals surface area contributed by atoms with Gasteiger partial charge in [0.2, 0.25) is 0 Å². The van der Waals surface area contributed by atoms with E-state index in [0.29, 0.717) is 17.1 Å². The molecule has 5 aromatic heterocycles. The molecule has 6 rings (SSSR count). The highest BCUT2D eigenvalue weighted by Gasteiger charge is 2.27. The number of nitrogens with two attached hydrogens (primary N) is 1. The second-order valence-electron chi connectivity index (χ2n) is 10.6. The van der Waals surface area contributed by atoms with E-state index in [1.54, 1.807) is 9.20 Å².